The summed E-state index contributed by atoms with van der Waals surface area (Å²) in [5.74, 6) is -0.110. The lowest BCUT2D eigenvalue weighted by molar-refractivity contribution is 0.0600. The van der Waals surface area contributed by atoms with Crippen LogP contribution in [0.3, 0.4) is 0 Å². The van der Waals surface area contributed by atoms with Crippen LogP contribution in [0.5, 0.6) is 5.75 Å². The van der Waals surface area contributed by atoms with Gasteiger partial charge in [0.15, 0.2) is 5.75 Å². The van der Waals surface area contributed by atoms with Gasteiger partial charge in [-0.05, 0) is 29.8 Å². The van der Waals surface area contributed by atoms with Crippen LogP contribution in [0, 0.1) is 0 Å². The Balaban J connectivity index is 2.31. The molecule has 5 heteroatoms. The predicted molar refractivity (Wildman–Crippen MR) is 74.1 cm³/mol. The van der Waals surface area contributed by atoms with Crippen molar-refractivity contribution in [3.63, 3.8) is 0 Å². The number of esters is 1. The third kappa shape index (κ3) is 2.88. The first-order valence-electron chi connectivity index (χ1n) is 6.06. The molecule has 1 aromatic carbocycles. The molecule has 0 saturated carbocycles. The predicted octanol–water partition coefficient (Wildman–Crippen LogP) is 1.69. The Morgan fingerprint density at radius 1 is 1.20 bits per heavy atom. The zero-order chi connectivity index (χ0) is 14.5. The number of benzene rings is 1. The van der Waals surface area contributed by atoms with Crippen molar-refractivity contribution in [2.24, 2.45) is 0 Å². The summed E-state index contributed by atoms with van der Waals surface area (Å²) < 4.78 is 11.2. The van der Waals surface area contributed by atoms with Crippen LogP contribution in [0.2, 0.25) is 0 Å². The topological polar surface area (TPSA) is 57.5 Å². The highest BCUT2D eigenvalue weighted by atomic mass is 16.5. The molecule has 5 nitrogen and oxygen atoms in total. The average molecular weight is 273 g/mol. The number of carbonyl (C=O) groups excluding carboxylic acids is 1. The summed E-state index contributed by atoms with van der Waals surface area (Å²) in [6.45, 7) is 0.362. The second-order valence-corrected chi connectivity index (χ2v) is 4.20. The van der Waals surface area contributed by atoms with Crippen molar-refractivity contribution >= 4 is 5.97 Å². The van der Waals surface area contributed by atoms with Crippen LogP contribution >= 0.6 is 0 Å². The first kappa shape index (κ1) is 13.9. The van der Waals surface area contributed by atoms with Crippen LogP contribution in [-0.2, 0) is 11.3 Å². The van der Waals surface area contributed by atoms with Crippen molar-refractivity contribution in [2.45, 2.75) is 6.54 Å². The second kappa shape index (κ2) is 6.06. The number of rotatable bonds is 4. The second-order valence-electron chi connectivity index (χ2n) is 4.20. The van der Waals surface area contributed by atoms with Gasteiger partial charge >= 0.3 is 5.97 Å². The number of hydrogen-bond donors (Lipinski definition) is 0. The van der Waals surface area contributed by atoms with Gasteiger partial charge in [0, 0.05) is 6.20 Å². The maximum atomic E-state index is 12.0. The Hall–Kier alpha value is -2.56. The summed E-state index contributed by atoms with van der Waals surface area (Å²) in [5.41, 5.74) is 1.09. The minimum absolute atomic E-state index is 0.210. The Labute approximate surface area is 116 Å². The lowest BCUT2D eigenvalue weighted by atomic mass is 10.1. The average Bonchev–Trinajstić information content (AvgIpc) is 2.49. The largest absolute Gasteiger partial charge is 0.491 e. The maximum absolute atomic E-state index is 12.0. The van der Waals surface area contributed by atoms with Crippen molar-refractivity contribution < 1.29 is 14.3 Å². The number of ether oxygens (including phenoxy) is 2. The van der Waals surface area contributed by atoms with E-state index in [0.717, 1.165) is 5.56 Å². The fraction of sp³-hybridized carbons (Fsp3) is 0.200. The molecule has 0 amide bonds. The van der Waals surface area contributed by atoms with E-state index < -0.39 is 5.97 Å². The first-order valence-corrected chi connectivity index (χ1v) is 6.06. The van der Waals surface area contributed by atoms with Gasteiger partial charge in [-0.25, -0.2) is 4.79 Å². The third-order valence-corrected chi connectivity index (χ3v) is 2.91. The van der Waals surface area contributed by atoms with Gasteiger partial charge in [-0.3, -0.25) is 4.79 Å². The summed E-state index contributed by atoms with van der Waals surface area (Å²) in [4.78, 5) is 23.5. The number of hydrogen-bond acceptors (Lipinski definition) is 4. The number of pyridine rings is 1. The van der Waals surface area contributed by atoms with Gasteiger partial charge in [0.05, 0.1) is 26.3 Å². The summed E-state index contributed by atoms with van der Waals surface area (Å²) in [6.07, 6.45) is 1.68. The zero-order valence-electron chi connectivity index (χ0n) is 11.3. The molecular formula is C15H15NO4. The van der Waals surface area contributed by atoms with Gasteiger partial charge in [-0.15, -0.1) is 0 Å². The third-order valence-electron chi connectivity index (χ3n) is 2.91. The molecule has 0 aliphatic carbocycles. The molecule has 0 unspecified atom stereocenters. The molecule has 0 atom stereocenters. The van der Waals surface area contributed by atoms with Crippen LogP contribution in [0.15, 0.2) is 47.4 Å². The lowest BCUT2D eigenvalue weighted by Gasteiger charge is -2.08. The fourth-order valence-corrected chi connectivity index (χ4v) is 1.91. The van der Waals surface area contributed by atoms with Crippen molar-refractivity contribution in [1.82, 2.24) is 4.57 Å². The molecule has 0 aliphatic heterocycles. The minimum atomic E-state index is -0.398. The van der Waals surface area contributed by atoms with E-state index in [1.165, 1.54) is 18.8 Å². The molecule has 0 radical (unpaired) electrons. The molecular weight excluding hydrogens is 258 g/mol. The molecule has 0 bridgehead atoms. The van der Waals surface area contributed by atoms with E-state index in [9.17, 15) is 9.59 Å². The highest BCUT2D eigenvalue weighted by Crippen LogP contribution is 2.09. The Morgan fingerprint density at radius 2 is 2.00 bits per heavy atom. The number of nitrogens with zero attached hydrogens (tertiary/aromatic N) is 1. The number of methoxy groups -OCH3 is 2. The van der Waals surface area contributed by atoms with Crippen molar-refractivity contribution in [1.29, 1.82) is 0 Å². The highest BCUT2D eigenvalue weighted by molar-refractivity contribution is 5.89. The first-order chi connectivity index (χ1) is 9.65. The normalized spacial score (nSPS) is 10.1. The fourth-order valence-electron chi connectivity index (χ4n) is 1.91. The summed E-state index contributed by atoms with van der Waals surface area (Å²) >= 11 is 0. The molecule has 1 heterocycles. The van der Waals surface area contributed by atoms with Gasteiger partial charge in [0.25, 0.3) is 5.56 Å². The van der Waals surface area contributed by atoms with E-state index >= 15 is 0 Å². The van der Waals surface area contributed by atoms with E-state index in [4.69, 9.17) is 4.74 Å². The molecule has 1 aromatic heterocycles. The van der Waals surface area contributed by atoms with Crippen LogP contribution in [0.4, 0.5) is 0 Å². The van der Waals surface area contributed by atoms with E-state index in [2.05, 4.69) is 4.74 Å². The zero-order valence-corrected chi connectivity index (χ0v) is 11.3. The Kier molecular flexibility index (Phi) is 4.20. The van der Waals surface area contributed by atoms with Gasteiger partial charge in [0.1, 0.15) is 0 Å². The van der Waals surface area contributed by atoms with Gasteiger partial charge in [-0.1, -0.05) is 12.1 Å². The van der Waals surface area contributed by atoms with Crippen LogP contribution in [0.1, 0.15) is 15.9 Å². The van der Waals surface area contributed by atoms with Gasteiger partial charge in [0.2, 0.25) is 0 Å². The minimum Gasteiger partial charge on any atom is -0.491 e. The molecule has 0 aliphatic rings. The monoisotopic (exact) mass is 273 g/mol. The molecule has 0 spiro atoms. The standard InChI is InChI=1S/C15H15NO4/c1-19-13-7-4-8-16(14(13)17)10-11-5-3-6-12(9-11)15(18)20-2/h3-9H,10H2,1-2H3. The van der Waals surface area contributed by atoms with E-state index in [1.54, 1.807) is 36.5 Å². The van der Waals surface area contributed by atoms with E-state index in [1.807, 2.05) is 6.07 Å². The van der Waals surface area contributed by atoms with Crippen molar-refractivity contribution in [3.05, 3.63) is 64.1 Å². The van der Waals surface area contributed by atoms with Gasteiger partial charge in [-0.2, -0.15) is 0 Å². The summed E-state index contributed by atoms with van der Waals surface area (Å²) in [7, 11) is 2.79. The lowest BCUT2D eigenvalue weighted by Crippen LogP contribution is -2.21. The summed E-state index contributed by atoms with van der Waals surface area (Å²) in [5, 5.41) is 0. The molecule has 0 N–H and O–H groups in total. The molecule has 104 valence electrons. The van der Waals surface area contributed by atoms with E-state index in [0.29, 0.717) is 12.1 Å². The molecule has 2 rings (SSSR count). The Bertz CT molecular complexity index is 676. The molecule has 0 fully saturated rings. The molecule has 0 saturated heterocycles. The van der Waals surface area contributed by atoms with E-state index in [-0.39, 0.29) is 11.3 Å². The number of aromatic nitrogens is 1. The van der Waals surface area contributed by atoms with Crippen molar-refractivity contribution in [3.8, 4) is 5.75 Å². The molecule has 20 heavy (non-hydrogen) atoms. The van der Waals surface area contributed by atoms with Crippen LogP contribution in [0.25, 0.3) is 0 Å². The van der Waals surface area contributed by atoms with Crippen molar-refractivity contribution in [2.75, 3.05) is 14.2 Å². The quantitative estimate of drug-likeness (QED) is 0.795. The Morgan fingerprint density at radius 3 is 2.70 bits per heavy atom. The maximum Gasteiger partial charge on any atom is 0.337 e. The summed E-state index contributed by atoms with van der Waals surface area (Å²) in [6, 6.07) is 10.3. The smallest absolute Gasteiger partial charge is 0.337 e. The number of carbonyl (C=O) groups is 1. The van der Waals surface area contributed by atoms with Gasteiger partial charge < -0.3 is 14.0 Å². The molecule has 2 aromatic rings. The van der Waals surface area contributed by atoms with Crippen LogP contribution in [-0.4, -0.2) is 24.8 Å². The SMILES string of the molecule is COC(=O)c1cccc(Cn2cccc(OC)c2=O)c1. The highest BCUT2D eigenvalue weighted by Gasteiger charge is 2.07. The van der Waals surface area contributed by atoms with Crippen LogP contribution < -0.4 is 10.3 Å².